The Bertz CT molecular complexity index is 926. The van der Waals surface area contributed by atoms with E-state index in [1.807, 2.05) is 13.8 Å². The average molecular weight is 356 g/mol. The standard InChI is InChI=1S/C15H20N2O4S2/c1-10(2)6-12-5-4-11(7-14(12)23(16,20)21)13-8-15(17-9-13)22(3,18)19/h4-5,7-10,17H,6H2,1-3H3,(H2,16,20,21). The largest absolute Gasteiger partial charge is 0.352 e. The summed E-state index contributed by atoms with van der Waals surface area (Å²) < 4.78 is 46.8. The lowest BCUT2D eigenvalue weighted by molar-refractivity contribution is 0.591. The fraction of sp³-hybridized carbons (Fsp3) is 0.333. The van der Waals surface area contributed by atoms with Gasteiger partial charge in [-0.25, -0.2) is 22.0 Å². The molecule has 23 heavy (non-hydrogen) atoms. The Hall–Kier alpha value is -1.64. The summed E-state index contributed by atoms with van der Waals surface area (Å²) in [5.74, 6) is 0.283. The van der Waals surface area contributed by atoms with Gasteiger partial charge in [0.1, 0.15) is 5.03 Å². The first-order valence-corrected chi connectivity index (χ1v) is 10.5. The van der Waals surface area contributed by atoms with Crippen LogP contribution in [0.15, 0.2) is 40.4 Å². The van der Waals surface area contributed by atoms with E-state index < -0.39 is 19.9 Å². The molecule has 3 N–H and O–H groups in total. The van der Waals surface area contributed by atoms with Crippen LogP contribution in [0.25, 0.3) is 11.1 Å². The lowest BCUT2D eigenvalue weighted by atomic mass is 10.00. The van der Waals surface area contributed by atoms with Crippen molar-refractivity contribution >= 4 is 19.9 Å². The van der Waals surface area contributed by atoms with Gasteiger partial charge in [0.05, 0.1) is 4.90 Å². The first-order valence-electron chi connectivity index (χ1n) is 7.03. The molecule has 126 valence electrons. The van der Waals surface area contributed by atoms with Crippen molar-refractivity contribution in [3.8, 4) is 11.1 Å². The Morgan fingerprint density at radius 2 is 1.74 bits per heavy atom. The number of primary sulfonamides is 1. The number of sulfone groups is 1. The quantitative estimate of drug-likeness (QED) is 0.853. The van der Waals surface area contributed by atoms with Crippen molar-refractivity contribution in [2.45, 2.75) is 30.2 Å². The van der Waals surface area contributed by atoms with Crippen molar-refractivity contribution in [3.63, 3.8) is 0 Å². The molecule has 8 heteroatoms. The normalized spacial score (nSPS) is 12.7. The molecule has 0 saturated carbocycles. The summed E-state index contributed by atoms with van der Waals surface area (Å²) >= 11 is 0. The predicted molar refractivity (Wildman–Crippen MR) is 89.3 cm³/mol. The van der Waals surface area contributed by atoms with E-state index in [1.165, 1.54) is 18.3 Å². The minimum atomic E-state index is -3.86. The van der Waals surface area contributed by atoms with Gasteiger partial charge in [-0.3, -0.25) is 0 Å². The van der Waals surface area contributed by atoms with Crippen LogP contribution in [0, 0.1) is 5.92 Å². The predicted octanol–water partition coefficient (Wildman–Crippen LogP) is 1.93. The number of aromatic nitrogens is 1. The molecular weight excluding hydrogens is 336 g/mol. The van der Waals surface area contributed by atoms with Crippen LogP contribution in [0.4, 0.5) is 0 Å². The van der Waals surface area contributed by atoms with E-state index in [9.17, 15) is 16.8 Å². The molecule has 0 aliphatic carbocycles. The Labute approximate surface area is 136 Å². The van der Waals surface area contributed by atoms with Crippen LogP contribution in [0.2, 0.25) is 0 Å². The molecule has 0 bridgehead atoms. The van der Waals surface area contributed by atoms with Crippen molar-refractivity contribution in [3.05, 3.63) is 36.0 Å². The van der Waals surface area contributed by atoms with Crippen LogP contribution in [0.1, 0.15) is 19.4 Å². The highest BCUT2D eigenvalue weighted by Gasteiger charge is 2.17. The number of hydrogen-bond acceptors (Lipinski definition) is 4. The van der Waals surface area contributed by atoms with Gasteiger partial charge in [0.15, 0.2) is 9.84 Å². The summed E-state index contributed by atoms with van der Waals surface area (Å²) in [7, 11) is -7.21. The van der Waals surface area contributed by atoms with E-state index in [1.54, 1.807) is 12.1 Å². The van der Waals surface area contributed by atoms with Gasteiger partial charge in [-0.2, -0.15) is 0 Å². The zero-order chi connectivity index (χ0) is 17.4. The lowest BCUT2D eigenvalue weighted by Crippen LogP contribution is -2.15. The van der Waals surface area contributed by atoms with E-state index in [-0.39, 0.29) is 15.8 Å². The number of hydrogen-bond donors (Lipinski definition) is 2. The second-order valence-corrected chi connectivity index (χ2v) is 9.50. The fourth-order valence-corrected chi connectivity index (χ4v) is 3.78. The van der Waals surface area contributed by atoms with Crippen molar-refractivity contribution in [1.82, 2.24) is 4.98 Å². The third-order valence-electron chi connectivity index (χ3n) is 3.39. The summed E-state index contributed by atoms with van der Waals surface area (Å²) in [5, 5.41) is 5.40. The van der Waals surface area contributed by atoms with Crippen molar-refractivity contribution in [1.29, 1.82) is 0 Å². The second-order valence-electron chi connectivity index (χ2n) is 5.99. The fourth-order valence-electron chi connectivity index (χ4n) is 2.36. The number of benzene rings is 1. The molecule has 1 heterocycles. The van der Waals surface area contributed by atoms with Crippen LogP contribution in [0.5, 0.6) is 0 Å². The van der Waals surface area contributed by atoms with E-state index in [0.29, 0.717) is 23.1 Å². The van der Waals surface area contributed by atoms with Gasteiger partial charge in [-0.1, -0.05) is 26.0 Å². The molecule has 0 saturated heterocycles. The smallest absolute Gasteiger partial charge is 0.238 e. The third-order valence-corrected chi connectivity index (χ3v) is 5.42. The molecule has 0 atom stereocenters. The van der Waals surface area contributed by atoms with Crippen LogP contribution in [-0.2, 0) is 26.3 Å². The number of aromatic amines is 1. The van der Waals surface area contributed by atoms with Gasteiger partial charge in [-0.05, 0) is 35.6 Å². The highest BCUT2D eigenvalue weighted by molar-refractivity contribution is 7.90. The van der Waals surface area contributed by atoms with E-state index >= 15 is 0 Å². The van der Waals surface area contributed by atoms with Crippen molar-refractivity contribution in [2.75, 3.05) is 6.26 Å². The maximum atomic E-state index is 11.9. The molecule has 0 aliphatic rings. The van der Waals surface area contributed by atoms with Crippen molar-refractivity contribution in [2.24, 2.45) is 11.1 Å². The molecule has 1 aromatic heterocycles. The van der Waals surface area contributed by atoms with Crippen LogP contribution in [-0.4, -0.2) is 28.1 Å². The van der Waals surface area contributed by atoms with Gasteiger partial charge < -0.3 is 4.98 Å². The number of sulfonamides is 1. The summed E-state index contributed by atoms with van der Waals surface area (Å²) in [4.78, 5) is 2.76. The topological polar surface area (TPSA) is 110 Å². The van der Waals surface area contributed by atoms with Crippen LogP contribution in [0.3, 0.4) is 0 Å². The zero-order valence-corrected chi connectivity index (χ0v) is 14.8. The van der Waals surface area contributed by atoms with Gasteiger partial charge in [-0.15, -0.1) is 0 Å². The Morgan fingerprint density at radius 1 is 1.09 bits per heavy atom. The number of H-pyrrole nitrogens is 1. The van der Waals surface area contributed by atoms with E-state index in [2.05, 4.69) is 4.98 Å². The molecule has 1 aromatic carbocycles. The minimum absolute atomic E-state index is 0.0748. The van der Waals surface area contributed by atoms with E-state index in [4.69, 9.17) is 5.14 Å². The first kappa shape index (κ1) is 17.7. The Morgan fingerprint density at radius 3 is 2.22 bits per heavy atom. The Balaban J connectivity index is 2.55. The summed E-state index contributed by atoms with van der Waals surface area (Å²) in [6, 6.07) is 6.45. The van der Waals surface area contributed by atoms with E-state index in [0.717, 1.165) is 6.26 Å². The SMILES string of the molecule is CC(C)Cc1ccc(-c2c[nH]c(S(C)(=O)=O)c2)cc1S(N)(=O)=O. The monoisotopic (exact) mass is 356 g/mol. The molecule has 6 nitrogen and oxygen atoms in total. The number of nitrogens with two attached hydrogens (primary N) is 1. The molecule has 0 spiro atoms. The van der Waals surface area contributed by atoms with Gasteiger partial charge >= 0.3 is 0 Å². The average Bonchev–Trinajstić information content (AvgIpc) is 2.86. The number of rotatable bonds is 5. The minimum Gasteiger partial charge on any atom is -0.352 e. The molecule has 0 amide bonds. The molecule has 0 radical (unpaired) electrons. The van der Waals surface area contributed by atoms with Gasteiger partial charge in [0.2, 0.25) is 10.0 Å². The van der Waals surface area contributed by atoms with Crippen LogP contribution >= 0.6 is 0 Å². The highest BCUT2D eigenvalue weighted by Crippen LogP contribution is 2.27. The molecule has 0 unspecified atom stereocenters. The first-order chi connectivity index (χ1) is 10.5. The molecule has 0 fully saturated rings. The third kappa shape index (κ3) is 4.21. The van der Waals surface area contributed by atoms with Gasteiger partial charge in [0, 0.05) is 18.0 Å². The lowest BCUT2D eigenvalue weighted by Gasteiger charge is -2.11. The second kappa shape index (κ2) is 6.10. The zero-order valence-electron chi connectivity index (χ0n) is 13.2. The maximum Gasteiger partial charge on any atom is 0.238 e. The molecule has 0 aliphatic heterocycles. The van der Waals surface area contributed by atoms with Crippen LogP contribution < -0.4 is 5.14 Å². The molecule has 2 rings (SSSR count). The highest BCUT2D eigenvalue weighted by atomic mass is 32.2. The number of nitrogens with one attached hydrogen (secondary N) is 1. The summed E-state index contributed by atoms with van der Waals surface area (Å²) in [5.41, 5.74) is 1.84. The summed E-state index contributed by atoms with van der Waals surface area (Å²) in [6.07, 6.45) is 3.22. The maximum absolute atomic E-state index is 11.9. The molecular formula is C15H20N2O4S2. The van der Waals surface area contributed by atoms with Gasteiger partial charge in [0.25, 0.3) is 0 Å². The van der Waals surface area contributed by atoms with Crippen molar-refractivity contribution < 1.29 is 16.8 Å². The Kier molecular flexibility index (Phi) is 4.70. The summed E-state index contributed by atoms with van der Waals surface area (Å²) in [6.45, 7) is 3.98. The molecule has 2 aromatic rings.